The number of ether oxygens (including phenoxy) is 1. The Morgan fingerprint density at radius 1 is 1.37 bits per heavy atom. The molecule has 1 aromatic carbocycles. The number of morpholine rings is 1. The third-order valence-electron chi connectivity index (χ3n) is 3.44. The van der Waals surface area contributed by atoms with Crippen LogP contribution in [0.1, 0.15) is 18.1 Å². The number of hydrogen-bond acceptors (Lipinski definition) is 4. The van der Waals surface area contributed by atoms with Gasteiger partial charge in [0.2, 0.25) is 10.0 Å². The van der Waals surface area contributed by atoms with Crippen LogP contribution in [0.4, 0.5) is 5.69 Å². The molecule has 0 amide bonds. The minimum atomic E-state index is -3.51. The fourth-order valence-electron chi connectivity index (χ4n) is 2.32. The molecule has 6 heteroatoms. The monoisotopic (exact) mass is 284 g/mol. The van der Waals surface area contributed by atoms with Gasteiger partial charge in [0.05, 0.1) is 18.1 Å². The number of rotatable bonds is 2. The smallest absolute Gasteiger partial charge is 0.243 e. The lowest BCUT2D eigenvalue weighted by molar-refractivity contribution is 0.0392. The molecule has 2 rings (SSSR count). The van der Waals surface area contributed by atoms with E-state index in [1.54, 1.807) is 19.1 Å². The zero-order chi connectivity index (χ0) is 14.2. The molecule has 1 aromatic rings. The van der Waals surface area contributed by atoms with Crippen molar-refractivity contribution in [2.24, 2.45) is 0 Å². The second kappa shape index (κ2) is 5.11. The summed E-state index contributed by atoms with van der Waals surface area (Å²) in [7, 11) is -3.51. The molecule has 1 aliphatic rings. The van der Waals surface area contributed by atoms with Crippen molar-refractivity contribution in [3.63, 3.8) is 0 Å². The Balaban J connectivity index is 2.50. The lowest BCUT2D eigenvalue weighted by Crippen LogP contribution is -2.47. The molecule has 2 N–H and O–H groups in total. The van der Waals surface area contributed by atoms with Gasteiger partial charge in [-0.15, -0.1) is 0 Å². The number of nitrogen functional groups attached to an aromatic ring is 1. The second-order valence-corrected chi connectivity index (χ2v) is 6.88. The summed E-state index contributed by atoms with van der Waals surface area (Å²) in [6.45, 7) is 6.69. The molecule has 1 saturated heterocycles. The van der Waals surface area contributed by atoms with E-state index < -0.39 is 10.0 Å². The van der Waals surface area contributed by atoms with Crippen molar-refractivity contribution in [1.29, 1.82) is 0 Å². The molecular weight excluding hydrogens is 264 g/mol. The van der Waals surface area contributed by atoms with Crippen LogP contribution in [0, 0.1) is 13.8 Å². The summed E-state index contributed by atoms with van der Waals surface area (Å²) in [6, 6.07) is 3.32. The number of aryl methyl sites for hydroxylation is 1. The van der Waals surface area contributed by atoms with Crippen LogP contribution in [0.2, 0.25) is 0 Å². The molecule has 1 unspecified atom stereocenters. The average Bonchev–Trinajstić information content (AvgIpc) is 2.34. The highest BCUT2D eigenvalue weighted by atomic mass is 32.2. The van der Waals surface area contributed by atoms with E-state index in [2.05, 4.69) is 0 Å². The van der Waals surface area contributed by atoms with Crippen molar-refractivity contribution in [2.75, 3.05) is 25.5 Å². The van der Waals surface area contributed by atoms with Crippen LogP contribution in [-0.2, 0) is 14.8 Å². The second-order valence-electron chi connectivity index (χ2n) is 5.02. The Bertz CT molecular complexity index is 584. The van der Waals surface area contributed by atoms with Gasteiger partial charge in [-0.2, -0.15) is 4.31 Å². The molecule has 1 atom stereocenters. The Labute approximate surface area is 114 Å². The topological polar surface area (TPSA) is 72.6 Å². The molecule has 1 aliphatic heterocycles. The van der Waals surface area contributed by atoms with Crippen LogP contribution in [-0.4, -0.2) is 38.5 Å². The average molecular weight is 284 g/mol. The van der Waals surface area contributed by atoms with Crippen LogP contribution in [0.25, 0.3) is 0 Å². The minimum Gasteiger partial charge on any atom is -0.398 e. The van der Waals surface area contributed by atoms with Gasteiger partial charge < -0.3 is 10.5 Å². The molecule has 1 heterocycles. The van der Waals surface area contributed by atoms with Gasteiger partial charge in [-0.1, -0.05) is 0 Å². The summed E-state index contributed by atoms with van der Waals surface area (Å²) in [5.41, 5.74) is 7.85. The van der Waals surface area contributed by atoms with Gasteiger partial charge in [0.25, 0.3) is 0 Å². The Kier molecular flexibility index (Phi) is 3.85. The summed E-state index contributed by atoms with van der Waals surface area (Å²) < 4.78 is 32.3. The lowest BCUT2D eigenvalue weighted by atomic mass is 10.1. The van der Waals surface area contributed by atoms with E-state index in [9.17, 15) is 8.42 Å². The third kappa shape index (κ3) is 2.61. The van der Waals surface area contributed by atoms with Crippen molar-refractivity contribution >= 4 is 15.7 Å². The summed E-state index contributed by atoms with van der Waals surface area (Å²) in [5, 5.41) is 0. The highest BCUT2D eigenvalue weighted by molar-refractivity contribution is 7.89. The quantitative estimate of drug-likeness (QED) is 0.831. The van der Waals surface area contributed by atoms with Crippen molar-refractivity contribution < 1.29 is 13.2 Å². The Morgan fingerprint density at radius 3 is 2.68 bits per heavy atom. The largest absolute Gasteiger partial charge is 0.398 e. The number of nitrogens with zero attached hydrogens (tertiary/aromatic N) is 1. The first kappa shape index (κ1) is 14.3. The molecule has 0 spiro atoms. The summed E-state index contributed by atoms with van der Waals surface area (Å²) in [6.07, 6.45) is 0. The predicted octanol–water partition coefficient (Wildman–Crippen LogP) is 1.30. The molecule has 1 fully saturated rings. The van der Waals surface area contributed by atoms with Crippen LogP contribution in [0.15, 0.2) is 17.0 Å². The van der Waals surface area contributed by atoms with Crippen molar-refractivity contribution in [1.82, 2.24) is 4.31 Å². The fourth-order valence-corrected chi connectivity index (χ4v) is 4.26. The van der Waals surface area contributed by atoms with E-state index in [1.807, 2.05) is 13.8 Å². The first-order chi connectivity index (χ1) is 8.84. The van der Waals surface area contributed by atoms with Gasteiger partial charge in [-0.25, -0.2) is 8.42 Å². The van der Waals surface area contributed by atoms with E-state index in [-0.39, 0.29) is 6.04 Å². The maximum Gasteiger partial charge on any atom is 0.243 e. The third-order valence-corrected chi connectivity index (χ3v) is 5.58. The van der Waals surface area contributed by atoms with Crippen molar-refractivity contribution in [3.05, 3.63) is 23.3 Å². The zero-order valence-electron chi connectivity index (χ0n) is 11.5. The Morgan fingerprint density at radius 2 is 2.05 bits per heavy atom. The first-order valence-electron chi connectivity index (χ1n) is 6.30. The lowest BCUT2D eigenvalue weighted by Gasteiger charge is -2.32. The number of hydrogen-bond donors (Lipinski definition) is 1. The fraction of sp³-hybridized carbons (Fsp3) is 0.538. The minimum absolute atomic E-state index is 0.153. The number of benzene rings is 1. The Hall–Kier alpha value is -1.11. The highest BCUT2D eigenvalue weighted by Crippen LogP contribution is 2.27. The maximum absolute atomic E-state index is 12.7. The van der Waals surface area contributed by atoms with Gasteiger partial charge >= 0.3 is 0 Å². The molecule has 0 saturated carbocycles. The van der Waals surface area contributed by atoms with Gasteiger partial charge in [-0.05, 0) is 44.0 Å². The van der Waals surface area contributed by atoms with E-state index in [4.69, 9.17) is 10.5 Å². The van der Waals surface area contributed by atoms with E-state index in [1.165, 1.54) is 4.31 Å². The summed E-state index contributed by atoms with van der Waals surface area (Å²) in [4.78, 5) is 0.304. The molecule has 0 radical (unpaired) electrons. The normalized spacial score (nSPS) is 21.5. The van der Waals surface area contributed by atoms with Crippen molar-refractivity contribution in [2.45, 2.75) is 31.7 Å². The van der Waals surface area contributed by atoms with E-state index in [0.29, 0.717) is 35.9 Å². The predicted molar refractivity (Wildman–Crippen MR) is 74.5 cm³/mol. The standard InChI is InChI=1S/C13H20N2O3S/c1-9-6-12(14)11(3)13(7-9)19(16,17)15-4-5-18-8-10(15)2/h6-7,10H,4-5,8,14H2,1-3H3. The highest BCUT2D eigenvalue weighted by Gasteiger charge is 2.32. The van der Waals surface area contributed by atoms with Crippen LogP contribution >= 0.6 is 0 Å². The number of anilines is 1. The number of sulfonamides is 1. The SMILES string of the molecule is Cc1cc(N)c(C)c(S(=O)(=O)N2CCOCC2C)c1. The van der Waals surface area contributed by atoms with E-state index in [0.717, 1.165) is 5.56 Å². The maximum atomic E-state index is 12.7. The van der Waals surface area contributed by atoms with Gasteiger partial charge in [-0.3, -0.25) is 0 Å². The van der Waals surface area contributed by atoms with E-state index >= 15 is 0 Å². The van der Waals surface area contributed by atoms with Crippen molar-refractivity contribution in [3.8, 4) is 0 Å². The number of nitrogens with two attached hydrogens (primary N) is 1. The molecule has 0 bridgehead atoms. The first-order valence-corrected chi connectivity index (χ1v) is 7.74. The van der Waals surface area contributed by atoms with Crippen LogP contribution < -0.4 is 5.73 Å². The molecule has 5 nitrogen and oxygen atoms in total. The van der Waals surface area contributed by atoms with Gasteiger partial charge in [0.1, 0.15) is 0 Å². The van der Waals surface area contributed by atoms with Gasteiger partial charge in [0.15, 0.2) is 0 Å². The van der Waals surface area contributed by atoms with Crippen LogP contribution in [0.5, 0.6) is 0 Å². The summed E-state index contributed by atoms with van der Waals surface area (Å²) >= 11 is 0. The van der Waals surface area contributed by atoms with Gasteiger partial charge in [0, 0.05) is 18.3 Å². The molecule has 0 aliphatic carbocycles. The molecule has 19 heavy (non-hydrogen) atoms. The summed E-state index contributed by atoms with van der Waals surface area (Å²) in [5.74, 6) is 0. The molecular formula is C13H20N2O3S. The van der Waals surface area contributed by atoms with Crippen LogP contribution in [0.3, 0.4) is 0 Å². The molecule has 0 aromatic heterocycles. The zero-order valence-corrected chi connectivity index (χ0v) is 12.3. The molecule has 106 valence electrons.